The minimum Gasteiger partial charge on any atom is -0.369 e. The molecule has 0 bridgehead atoms. The Labute approximate surface area is 127 Å². The van der Waals surface area contributed by atoms with Gasteiger partial charge in [-0.05, 0) is 31.9 Å². The van der Waals surface area contributed by atoms with Gasteiger partial charge in [0.25, 0.3) is 0 Å². The van der Waals surface area contributed by atoms with E-state index >= 15 is 0 Å². The lowest BCUT2D eigenvalue weighted by Gasteiger charge is -2.31. The number of primary amides is 1. The monoisotopic (exact) mass is 302 g/mol. The topological polar surface area (TPSA) is 63.4 Å². The molecule has 0 radical (unpaired) electrons. The number of fused-ring (bicyclic) bond motifs is 1. The van der Waals surface area contributed by atoms with Crippen LogP contribution >= 0.6 is 11.3 Å². The molecule has 2 heterocycles. The fraction of sp³-hybridized carbons (Fsp3) is 0.375. The largest absolute Gasteiger partial charge is 0.369 e. The highest BCUT2D eigenvalue weighted by Crippen LogP contribution is 2.25. The number of rotatable bonds is 2. The van der Waals surface area contributed by atoms with Gasteiger partial charge >= 0.3 is 0 Å². The second-order valence-corrected chi connectivity index (χ2v) is 6.52. The Morgan fingerprint density at radius 3 is 2.71 bits per heavy atom. The molecule has 4 nitrogen and oxygen atoms in total. The molecule has 1 saturated heterocycles. The molecule has 0 atom stereocenters. The predicted octanol–water partition coefficient (Wildman–Crippen LogP) is 2.27. The van der Waals surface area contributed by atoms with Gasteiger partial charge in [0.2, 0.25) is 11.3 Å². The van der Waals surface area contributed by atoms with Gasteiger partial charge in [-0.2, -0.15) is 0 Å². The first-order chi connectivity index (χ1) is 10.1. The van der Waals surface area contributed by atoms with Crippen molar-refractivity contribution in [3.05, 3.63) is 39.4 Å². The van der Waals surface area contributed by atoms with Crippen LogP contribution < -0.4 is 16.1 Å². The number of aryl methyl sites for hydroxylation is 1. The van der Waals surface area contributed by atoms with Gasteiger partial charge in [-0.15, -0.1) is 11.3 Å². The zero-order chi connectivity index (χ0) is 15.0. The van der Waals surface area contributed by atoms with Crippen molar-refractivity contribution in [3.8, 4) is 0 Å². The molecule has 2 N–H and O–H groups in total. The molecule has 1 amide bonds. The lowest BCUT2D eigenvalue weighted by molar-refractivity contribution is -0.122. The smallest absolute Gasteiger partial charge is 0.220 e. The summed E-state index contributed by atoms with van der Waals surface area (Å²) in [5.41, 5.74) is 7.29. The molecular formula is C16H18N2O2S. The van der Waals surface area contributed by atoms with E-state index in [1.165, 1.54) is 0 Å². The number of anilines is 1. The van der Waals surface area contributed by atoms with Gasteiger partial charge in [0, 0.05) is 34.5 Å². The fourth-order valence-electron chi connectivity index (χ4n) is 2.86. The first-order valence-electron chi connectivity index (χ1n) is 7.12. The number of nitrogens with zero attached hydrogens (tertiary/aromatic N) is 1. The minimum atomic E-state index is -0.228. The number of hydrogen-bond donors (Lipinski definition) is 1. The molecule has 3 rings (SSSR count). The molecular weight excluding hydrogens is 284 g/mol. The quantitative estimate of drug-likeness (QED) is 0.925. The van der Waals surface area contributed by atoms with Crippen LogP contribution in [0.25, 0.3) is 10.1 Å². The van der Waals surface area contributed by atoms with Crippen molar-refractivity contribution in [2.75, 3.05) is 18.0 Å². The van der Waals surface area contributed by atoms with Crippen molar-refractivity contribution in [2.24, 2.45) is 11.7 Å². The third kappa shape index (κ3) is 2.65. The number of hydrogen-bond acceptors (Lipinski definition) is 4. The molecule has 110 valence electrons. The van der Waals surface area contributed by atoms with Gasteiger partial charge in [0.15, 0.2) is 0 Å². The molecule has 0 saturated carbocycles. The Morgan fingerprint density at radius 2 is 2.05 bits per heavy atom. The average Bonchev–Trinajstić information content (AvgIpc) is 2.48. The highest BCUT2D eigenvalue weighted by molar-refractivity contribution is 7.16. The number of piperidine rings is 1. The third-order valence-corrected chi connectivity index (χ3v) is 5.10. The SMILES string of the molecule is Cc1ccc2scc(N3CCC(C(N)=O)CC3)c(=O)c2c1. The van der Waals surface area contributed by atoms with Crippen LogP contribution in [0.4, 0.5) is 5.69 Å². The third-order valence-electron chi connectivity index (χ3n) is 4.15. The Bertz CT molecular complexity index is 746. The first-order valence-corrected chi connectivity index (χ1v) is 8.00. The molecule has 0 aliphatic carbocycles. The molecule has 21 heavy (non-hydrogen) atoms. The number of nitrogens with two attached hydrogens (primary N) is 1. The van der Waals surface area contributed by atoms with E-state index in [9.17, 15) is 9.59 Å². The fourth-order valence-corrected chi connectivity index (χ4v) is 3.78. The van der Waals surface area contributed by atoms with Crippen LogP contribution in [-0.4, -0.2) is 19.0 Å². The Balaban J connectivity index is 1.93. The summed E-state index contributed by atoms with van der Waals surface area (Å²) in [6, 6.07) is 5.98. The van der Waals surface area contributed by atoms with Gasteiger partial charge < -0.3 is 10.6 Å². The van der Waals surface area contributed by atoms with Crippen molar-refractivity contribution >= 4 is 33.0 Å². The van der Waals surface area contributed by atoms with E-state index < -0.39 is 0 Å². The van der Waals surface area contributed by atoms with E-state index in [1.807, 2.05) is 30.5 Å². The minimum absolute atomic E-state index is 0.0530. The number of benzene rings is 1. The number of amides is 1. The predicted molar refractivity (Wildman–Crippen MR) is 87.0 cm³/mol. The lowest BCUT2D eigenvalue weighted by Crippen LogP contribution is -2.40. The van der Waals surface area contributed by atoms with Crippen molar-refractivity contribution in [1.29, 1.82) is 0 Å². The van der Waals surface area contributed by atoms with Gasteiger partial charge in [-0.1, -0.05) is 11.6 Å². The van der Waals surface area contributed by atoms with E-state index in [2.05, 4.69) is 4.90 Å². The zero-order valence-electron chi connectivity index (χ0n) is 12.0. The van der Waals surface area contributed by atoms with Crippen LogP contribution in [-0.2, 0) is 4.79 Å². The molecule has 1 aromatic carbocycles. The summed E-state index contributed by atoms with van der Waals surface area (Å²) in [4.78, 5) is 26.0. The summed E-state index contributed by atoms with van der Waals surface area (Å²) in [5.74, 6) is -0.281. The summed E-state index contributed by atoms with van der Waals surface area (Å²) in [5, 5.41) is 2.72. The zero-order valence-corrected chi connectivity index (χ0v) is 12.8. The molecule has 2 aromatic rings. The normalized spacial score (nSPS) is 16.3. The van der Waals surface area contributed by atoms with Crippen LogP contribution in [0.3, 0.4) is 0 Å². The maximum atomic E-state index is 12.7. The van der Waals surface area contributed by atoms with Crippen LogP contribution in [0, 0.1) is 12.8 Å². The Hall–Kier alpha value is -1.88. The standard InChI is InChI=1S/C16H18N2O2S/c1-10-2-3-14-12(8-10)15(19)13(9-21-14)18-6-4-11(5-7-18)16(17)20/h2-3,8-9,11H,4-7H2,1H3,(H2,17,20). The number of carbonyl (C=O) groups excluding carboxylic acids is 1. The first kappa shape index (κ1) is 14.1. The van der Waals surface area contributed by atoms with Crippen LogP contribution in [0.1, 0.15) is 18.4 Å². The van der Waals surface area contributed by atoms with Gasteiger partial charge in [-0.25, -0.2) is 0 Å². The van der Waals surface area contributed by atoms with Gasteiger partial charge in [0.1, 0.15) is 0 Å². The molecule has 1 fully saturated rings. The van der Waals surface area contributed by atoms with Crippen LogP contribution in [0.15, 0.2) is 28.4 Å². The second-order valence-electron chi connectivity index (χ2n) is 5.61. The van der Waals surface area contributed by atoms with E-state index in [4.69, 9.17) is 5.73 Å². The van der Waals surface area contributed by atoms with Gasteiger partial charge in [-0.3, -0.25) is 9.59 Å². The summed E-state index contributed by atoms with van der Waals surface area (Å²) >= 11 is 1.59. The van der Waals surface area contributed by atoms with Crippen molar-refractivity contribution in [3.63, 3.8) is 0 Å². The summed E-state index contributed by atoms with van der Waals surface area (Å²) < 4.78 is 1.02. The highest BCUT2D eigenvalue weighted by Gasteiger charge is 2.24. The van der Waals surface area contributed by atoms with Crippen molar-refractivity contribution in [1.82, 2.24) is 0 Å². The summed E-state index contributed by atoms with van der Waals surface area (Å²) in [6.45, 7) is 3.42. The van der Waals surface area contributed by atoms with Crippen LogP contribution in [0.5, 0.6) is 0 Å². The maximum absolute atomic E-state index is 12.7. The number of carbonyl (C=O) groups is 1. The average molecular weight is 302 g/mol. The van der Waals surface area contributed by atoms with Crippen molar-refractivity contribution in [2.45, 2.75) is 19.8 Å². The molecule has 1 aliphatic rings. The second kappa shape index (κ2) is 5.48. The van der Waals surface area contributed by atoms with E-state index in [0.717, 1.165) is 34.2 Å². The van der Waals surface area contributed by atoms with E-state index in [1.54, 1.807) is 11.3 Å². The summed E-state index contributed by atoms with van der Waals surface area (Å²) in [7, 11) is 0. The van der Waals surface area contributed by atoms with E-state index in [-0.39, 0.29) is 17.3 Å². The van der Waals surface area contributed by atoms with Crippen molar-refractivity contribution < 1.29 is 4.79 Å². The molecule has 1 aromatic heterocycles. The van der Waals surface area contributed by atoms with E-state index in [0.29, 0.717) is 13.1 Å². The molecule has 0 unspecified atom stereocenters. The molecule has 0 spiro atoms. The molecule has 1 aliphatic heterocycles. The lowest BCUT2D eigenvalue weighted by atomic mass is 9.96. The molecule has 5 heteroatoms. The summed E-state index contributed by atoms with van der Waals surface area (Å²) in [6.07, 6.45) is 1.45. The Morgan fingerprint density at radius 1 is 1.33 bits per heavy atom. The van der Waals surface area contributed by atoms with Crippen LogP contribution in [0.2, 0.25) is 0 Å². The maximum Gasteiger partial charge on any atom is 0.220 e. The Kier molecular flexibility index (Phi) is 3.68. The van der Waals surface area contributed by atoms with Gasteiger partial charge in [0.05, 0.1) is 5.69 Å². The highest BCUT2D eigenvalue weighted by atomic mass is 32.1.